The summed E-state index contributed by atoms with van der Waals surface area (Å²) in [6.45, 7) is 3.49. The Labute approximate surface area is 248 Å². The van der Waals surface area contributed by atoms with Gasteiger partial charge in [0, 0.05) is 32.0 Å². The molecule has 0 saturated carbocycles. The van der Waals surface area contributed by atoms with E-state index < -0.39 is 34.0 Å². The van der Waals surface area contributed by atoms with Gasteiger partial charge in [0.1, 0.15) is 0 Å². The van der Waals surface area contributed by atoms with Gasteiger partial charge in [0.05, 0.1) is 23.6 Å². The van der Waals surface area contributed by atoms with Crippen LogP contribution >= 0.6 is 0 Å². The van der Waals surface area contributed by atoms with Crippen molar-refractivity contribution >= 4 is 21.8 Å². The van der Waals surface area contributed by atoms with Gasteiger partial charge in [-0.3, -0.25) is 15.0 Å². The highest BCUT2D eigenvalue weighted by molar-refractivity contribution is 7.89. The number of hydrogen-bond donors (Lipinski definition) is 2. The number of aliphatic hydroxyl groups excluding tert-OH is 1. The number of fused-ring (bicyclic) bond motifs is 1. The first-order valence-electron chi connectivity index (χ1n) is 13.7. The van der Waals surface area contributed by atoms with E-state index in [1.807, 2.05) is 44.2 Å². The van der Waals surface area contributed by atoms with Gasteiger partial charge in [0.2, 0.25) is 22.7 Å². The predicted octanol–water partition coefficient (Wildman–Crippen LogP) is 1.87. The van der Waals surface area contributed by atoms with E-state index in [2.05, 4.69) is 11.3 Å². The Morgan fingerprint density at radius 2 is 1.76 bits per heavy atom. The maximum absolute atomic E-state index is 13.9. The molecule has 0 saturated heterocycles. The Hall–Kier alpha value is -3.63. The summed E-state index contributed by atoms with van der Waals surface area (Å²) in [7, 11) is -0.678. The van der Waals surface area contributed by atoms with Crippen LogP contribution in [0.5, 0.6) is 11.5 Å². The number of aliphatic hydroxyl groups is 1. The molecule has 0 bridgehead atoms. The largest absolute Gasteiger partial charge is 0.454 e. The highest BCUT2D eigenvalue weighted by Crippen LogP contribution is 2.35. The zero-order chi connectivity index (χ0) is 30.9. The van der Waals surface area contributed by atoms with Crippen LogP contribution in [0, 0.1) is 18.3 Å². The average molecular weight is 601 g/mol. The van der Waals surface area contributed by atoms with Crippen LogP contribution in [0.15, 0.2) is 53.4 Å². The number of ether oxygens (including phenoxy) is 2. The van der Waals surface area contributed by atoms with Gasteiger partial charge in [-0.05, 0) is 44.1 Å². The van der Waals surface area contributed by atoms with Crippen molar-refractivity contribution in [3.8, 4) is 23.8 Å². The van der Waals surface area contributed by atoms with Crippen molar-refractivity contribution in [2.45, 2.75) is 50.2 Å². The minimum Gasteiger partial charge on any atom is -0.454 e. The Kier molecular flexibility index (Phi) is 11.8. The quantitative estimate of drug-likeness (QED) is 0.249. The van der Waals surface area contributed by atoms with E-state index in [4.69, 9.17) is 15.9 Å². The summed E-state index contributed by atoms with van der Waals surface area (Å²) >= 11 is 0. The second-order valence-corrected chi connectivity index (χ2v) is 12.7. The fourth-order valence-corrected chi connectivity index (χ4v) is 6.17. The number of amides is 2. The summed E-state index contributed by atoms with van der Waals surface area (Å²) in [4.78, 5) is 27.8. The van der Waals surface area contributed by atoms with Crippen LogP contribution in [0.25, 0.3) is 0 Å². The second kappa shape index (κ2) is 15.0. The van der Waals surface area contributed by atoms with Gasteiger partial charge in [-0.15, -0.1) is 12.3 Å². The molecule has 1 heterocycles. The molecule has 12 heteroatoms. The standard InChI is InChI=1S/C30H40N4O7S/c1-6-7-13-30(37)34(31-29(36)20-32(4)5)25(16-23-11-9-8-10-12-23)26(35)19-33(18-22(2)3)42(38,39)24-14-15-27-28(17-24)41-21-40-27/h1,8-12,14-15,17,22,25-26,35H,7,13,16,18-21H2,2-5H3,(H,31,36)/t25-,26+/m0/s1. The third-order valence-electron chi connectivity index (χ3n) is 6.46. The molecule has 228 valence electrons. The van der Waals surface area contributed by atoms with Gasteiger partial charge < -0.3 is 19.5 Å². The van der Waals surface area contributed by atoms with Crippen molar-refractivity contribution in [2.24, 2.45) is 5.92 Å². The molecular weight excluding hydrogens is 560 g/mol. The lowest BCUT2D eigenvalue weighted by atomic mass is 9.99. The number of benzene rings is 2. The van der Waals surface area contributed by atoms with E-state index in [1.54, 1.807) is 19.0 Å². The first kappa shape index (κ1) is 32.9. The number of sulfonamides is 1. The Balaban J connectivity index is 1.99. The van der Waals surface area contributed by atoms with E-state index in [1.165, 1.54) is 22.5 Å². The van der Waals surface area contributed by atoms with Crippen molar-refractivity contribution in [1.82, 2.24) is 19.6 Å². The fourth-order valence-electron chi connectivity index (χ4n) is 4.54. The zero-order valence-electron chi connectivity index (χ0n) is 24.5. The zero-order valence-corrected chi connectivity index (χ0v) is 25.3. The van der Waals surface area contributed by atoms with Crippen LogP contribution in [0.3, 0.4) is 0 Å². The van der Waals surface area contributed by atoms with Crippen molar-refractivity contribution in [1.29, 1.82) is 0 Å². The van der Waals surface area contributed by atoms with E-state index in [-0.39, 0.29) is 56.5 Å². The van der Waals surface area contributed by atoms with Crippen LogP contribution in [-0.2, 0) is 26.0 Å². The van der Waals surface area contributed by atoms with Crippen LogP contribution in [0.2, 0.25) is 0 Å². The molecule has 1 aliphatic rings. The molecule has 0 aromatic heterocycles. The molecule has 2 atom stereocenters. The maximum Gasteiger partial charge on any atom is 0.252 e. The van der Waals surface area contributed by atoms with Crippen LogP contribution in [0.4, 0.5) is 0 Å². The van der Waals surface area contributed by atoms with E-state index in [0.29, 0.717) is 11.5 Å². The van der Waals surface area contributed by atoms with Crippen LogP contribution < -0.4 is 14.9 Å². The molecule has 42 heavy (non-hydrogen) atoms. The molecule has 2 aromatic carbocycles. The minimum atomic E-state index is -4.10. The van der Waals surface area contributed by atoms with Crippen molar-refractivity contribution in [2.75, 3.05) is 40.5 Å². The van der Waals surface area contributed by atoms with Gasteiger partial charge in [0.15, 0.2) is 11.5 Å². The first-order chi connectivity index (χ1) is 19.9. The molecule has 1 aliphatic heterocycles. The lowest BCUT2D eigenvalue weighted by molar-refractivity contribution is -0.148. The van der Waals surface area contributed by atoms with Crippen molar-refractivity contribution < 1.29 is 32.6 Å². The van der Waals surface area contributed by atoms with Crippen molar-refractivity contribution in [3.63, 3.8) is 0 Å². The lowest BCUT2D eigenvalue weighted by Crippen LogP contribution is -2.60. The number of carbonyl (C=O) groups is 2. The summed E-state index contributed by atoms with van der Waals surface area (Å²) in [5.74, 6) is 2.15. The van der Waals surface area contributed by atoms with Gasteiger partial charge in [-0.1, -0.05) is 44.2 Å². The molecule has 0 aliphatic carbocycles. The molecule has 2 aromatic rings. The number of carbonyl (C=O) groups excluding carboxylic acids is 2. The summed E-state index contributed by atoms with van der Waals surface area (Å²) in [6.07, 6.45) is 4.22. The Morgan fingerprint density at radius 3 is 2.40 bits per heavy atom. The number of hydrazine groups is 1. The van der Waals surface area contributed by atoms with Gasteiger partial charge in [0.25, 0.3) is 5.91 Å². The fraction of sp³-hybridized carbons (Fsp3) is 0.467. The highest BCUT2D eigenvalue weighted by atomic mass is 32.2. The SMILES string of the molecule is C#CCCC(=O)N(NC(=O)CN(C)C)[C@@H](Cc1ccccc1)[C@H](O)CN(CC(C)C)S(=O)(=O)c1ccc2c(c1)OCO2. The molecule has 2 N–H and O–H groups in total. The van der Waals surface area contributed by atoms with Crippen LogP contribution in [-0.4, -0.2) is 92.2 Å². The highest BCUT2D eigenvalue weighted by Gasteiger charge is 2.36. The van der Waals surface area contributed by atoms with Crippen LogP contribution in [0.1, 0.15) is 32.3 Å². The van der Waals surface area contributed by atoms with Gasteiger partial charge in [-0.2, -0.15) is 4.31 Å². The molecule has 0 radical (unpaired) electrons. The number of hydrogen-bond acceptors (Lipinski definition) is 8. The number of nitrogens with one attached hydrogen (secondary N) is 1. The summed E-state index contributed by atoms with van der Waals surface area (Å²) in [5, 5.41) is 12.8. The second-order valence-electron chi connectivity index (χ2n) is 10.8. The monoisotopic (exact) mass is 600 g/mol. The number of terminal acetylenes is 1. The molecular formula is C30H40N4O7S. The molecule has 0 unspecified atom stereocenters. The predicted molar refractivity (Wildman–Crippen MR) is 158 cm³/mol. The van der Waals surface area contributed by atoms with E-state index in [9.17, 15) is 23.1 Å². The van der Waals surface area contributed by atoms with Gasteiger partial charge >= 0.3 is 0 Å². The van der Waals surface area contributed by atoms with Gasteiger partial charge in [-0.25, -0.2) is 13.4 Å². The summed E-state index contributed by atoms with van der Waals surface area (Å²) in [6, 6.07) is 12.5. The average Bonchev–Trinajstić information content (AvgIpc) is 3.41. The van der Waals surface area contributed by atoms with Crippen molar-refractivity contribution in [3.05, 3.63) is 54.1 Å². The molecule has 0 fully saturated rings. The lowest BCUT2D eigenvalue weighted by Gasteiger charge is -2.37. The molecule has 0 spiro atoms. The normalized spacial score (nSPS) is 14.1. The smallest absolute Gasteiger partial charge is 0.252 e. The maximum atomic E-state index is 13.9. The Morgan fingerprint density at radius 1 is 1.07 bits per heavy atom. The van der Waals surface area contributed by atoms with E-state index in [0.717, 1.165) is 10.6 Å². The number of likely N-dealkylation sites (N-methyl/N-ethyl adjacent to an activating group) is 1. The first-order valence-corrected chi connectivity index (χ1v) is 15.2. The molecule has 2 amide bonds. The Bertz CT molecular complexity index is 1360. The minimum absolute atomic E-state index is 0.00248. The third kappa shape index (κ3) is 8.93. The molecule has 11 nitrogen and oxygen atoms in total. The number of rotatable bonds is 14. The number of nitrogens with zero attached hydrogens (tertiary/aromatic N) is 3. The van der Waals surface area contributed by atoms with E-state index >= 15 is 0 Å². The summed E-state index contributed by atoms with van der Waals surface area (Å²) in [5.41, 5.74) is 3.43. The third-order valence-corrected chi connectivity index (χ3v) is 8.29. The summed E-state index contributed by atoms with van der Waals surface area (Å²) < 4.78 is 39.6. The topological polar surface area (TPSA) is 129 Å². The molecule has 3 rings (SSSR count).